The monoisotopic (exact) mass is 395 g/mol. The van der Waals surface area contributed by atoms with Crippen LogP contribution in [0.5, 0.6) is 11.5 Å². The second kappa shape index (κ2) is 8.13. The van der Waals surface area contributed by atoms with Crippen molar-refractivity contribution in [3.8, 4) is 11.5 Å². The number of likely N-dealkylation sites (tertiary alicyclic amines) is 1. The van der Waals surface area contributed by atoms with Gasteiger partial charge in [-0.1, -0.05) is 12.1 Å². The molecule has 0 aromatic heterocycles. The van der Waals surface area contributed by atoms with E-state index in [1.807, 2.05) is 42.5 Å². The van der Waals surface area contributed by atoms with Gasteiger partial charge in [-0.2, -0.15) is 0 Å². The molecule has 4 rings (SSSR count). The summed E-state index contributed by atoms with van der Waals surface area (Å²) in [6, 6.07) is 13.2. The Morgan fingerprint density at radius 1 is 1.17 bits per heavy atom. The van der Waals surface area contributed by atoms with Crippen LogP contribution in [0.3, 0.4) is 0 Å². The van der Waals surface area contributed by atoms with Gasteiger partial charge in [-0.15, -0.1) is 0 Å². The van der Waals surface area contributed by atoms with Gasteiger partial charge in [-0.25, -0.2) is 0 Å². The molecule has 2 amide bonds. The number of rotatable bonds is 5. The Bertz CT molecular complexity index is 930. The van der Waals surface area contributed by atoms with Gasteiger partial charge < -0.3 is 14.8 Å². The minimum absolute atomic E-state index is 0.0385. The van der Waals surface area contributed by atoms with Crippen molar-refractivity contribution >= 4 is 23.2 Å². The molecule has 7 nitrogen and oxygen atoms in total. The Morgan fingerprint density at radius 2 is 2.00 bits per heavy atom. The molecule has 7 heteroatoms. The zero-order chi connectivity index (χ0) is 20.4. The summed E-state index contributed by atoms with van der Waals surface area (Å²) in [5.74, 6) is 1.30. The molecule has 0 spiro atoms. The van der Waals surface area contributed by atoms with Crippen molar-refractivity contribution < 1.29 is 19.1 Å². The predicted molar refractivity (Wildman–Crippen MR) is 111 cm³/mol. The van der Waals surface area contributed by atoms with Crippen LogP contribution in [-0.2, 0) is 9.59 Å². The van der Waals surface area contributed by atoms with Crippen molar-refractivity contribution in [3.63, 3.8) is 0 Å². The van der Waals surface area contributed by atoms with E-state index in [2.05, 4.69) is 10.2 Å². The zero-order valence-corrected chi connectivity index (χ0v) is 16.7. The van der Waals surface area contributed by atoms with Crippen LogP contribution in [0.2, 0.25) is 0 Å². The van der Waals surface area contributed by atoms with Crippen LogP contribution in [0.1, 0.15) is 24.4 Å². The van der Waals surface area contributed by atoms with Crippen LogP contribution < -0.4 is 19.7 Å². The van der Waals surface area contributed by atoms with Crippen LogP contribution in [-0.4, -0.2) is 50.6 Å². The number of anilines is 2. The summed E-state index contributed by atoms with van der Waals surface area (Å²) >= 11 is 0. The molecule has 2 aliphatic rings. The molecular weight excluding hydrogens is 370 g/mol. The fraction of sp³-hybridized carbons (Fsp3) is 0.364. The maximum absolute atomic E-state index is 13.2. The number of nitrogens with one attached hydrogen (secondary N) is 1. The van der Waals surface area contributed by atoms with Crippen molar-refractivity contribution in [2.24, 2.45) is 0 Å². The van der Waals surface area contributed by atoms with Crippen molar-refractivity contribution in [1.82, 2.24) is 4.90 Å². The Labute approximate surface area is 170 Å². The average Bonchev–Trinajstić information content (AvgIpc) is 3.20. The van der Waals surface area contributed by atoms with E-state index in [4.69, 9.17) is 9.47 Å². The number of para-hydroxylation sites is 2. The molecule has 1 atom stereocenters. The number of nitrogens with zero attached hydrogens (tertiary/aromatic N) is 2. The molecule has 1 saturated heterocycles. The third kappa shape index (κ3) is 3.78. The molecule has 152 valence electrons. The molecule has 29 heavy (non-hydrogen) atoms. The van der Waals surface area contributed by atoms with E-state index in [9.17, 15) is 9.59 Å². The fourth-order valence-electron chi connectivity index (χ4n) is 4.18. The molecule has 1 N–H and O–H groups in total. The quantitative estimate of drug-likeness (QED) is 0.843. The average molecular weight is 395 g/mol. The van der Waals surface area contributed by atoms with E-state index < -0.39 is 0 Å². The van der Waals surface area contributed by atoms with Gasteiger partial charge in [0, 0.05) is 11.6 Å². The highest BCUT2D eigenvalue weighted by Gasteiger charge is 2.33. The van der Waals surface area contributed by atoms with E-state index in [0.717, 1.165) is 42.1 Å². The maximum atomic E-state index is 13.2. The third-order valence-corrected chi connectivity index (χ3v) is 5.57. The summed E-state index contributed by atoms with van der Waals surface area (Å²) < 4.78 is 10.9. The molecule has 0 bridgehead atoms. The Morgan fingerprint density at radius 3 is 2.79 bits per heavy atom. The molecule has 0 saturated carbocycles. The fourth-order valence-corrected chi connectivity index (χ4v) is 4.18. The highest BCUT2D eigenvalue weighted by Crippen LogP contribution is 2.39. The van der Waals surface area contributed by atoms with Crippen LogP contribution in [0.25, 0.3) is 0 Å². The number of ether oxygens (including phenoxy) is 2. The summed E-state index contributed by atoms with van der Waals surface area (Å²) in [5.41, 5.74) is 2.44. The van der Waals surface area contributed by atoms with Gasteiger partial charge >= 0.3 is 0 Å². The molecule has 0 unspecified atom stereocenters. The number of fused-ring (bicyclic) bond motifs is 1. The highest BCUT2D eigenvalue weighted by atomic mass is 16.5. The summed E-state index contributed by atoms with van der Waals surface area (Å²) in [5, 5.41) is 2.82. The van der Waals surface area contributed by atoms with Crippen molar-refractivity contribution in [1.29, 1.82) is 0 Å². The van der Waals surface area contributed by atoms with Gasteiger partial charge in [-0.05, 0) is 49.7 Å². The first kappa shape index (κ1) is 19.3. The van der Waals surface area contributed by atoms with Gasteiger partial charge in [0.15, 0.2) is 0 Å². The van der Waals surface area contributed by atoms with Crippen molar-refractivity contribution in [2.75, 3.05) is 44.1 Å². The second-order valence-corrected chi connectivity index (χ2v) is 7.28. The zero-order valence-electron chi connectivity index (χ0n) is 16.7. The van der Waals surface area contributed by atoms with Gasteiger partial charge in [0.2, 0.25) is 11.8 Å². The van der Waals surface area contributed by atoms with Gasteiger partial charge in [0.1, 0.15) is 18.0 Å². The number of carbonyl (C=O) groups is 2. The van der Waals surface area contributed by atoms with Gasteiger partial charge in [0.05, 0.1) is 32.1 Å². The van der Waals surface area contributed by atoms with Crippen LogP contribution in [0.4, 0.5) is 11.4 Å². The van der Waals surface area contributed by atoms with E-state index in [1.165, 1.54) is 0 Å². The second-order valence-electron chi connectivity index (χ2n) is 7.28. The van der Waals surface area contributed by atoms with Crippen molar-refractivity contribution in [3.05, 3.63) is 48.0 Å². The minimum Gasteiger partial charge on any atom is -0.497 e. The first-order chi connectivity index (χ1) is 14.1. The lowest BCUT2D eigenvalue weighted by atomic mass is 10.0. The molecule has 2 aliphatic heterocycles. The lowest BCUT2D eigenvalue weighted by Gasteiger charge is -2.32. The number of carbonyl (C=O) groups excluding carboxylic acids is 2. The highest BCUT2D eigenvalue weighted by molar-refractivity contribution is 6.10. The number of benzene rings is 2. The first-order valence-electron chi connectivity index (χ1n) is 9.76. The Balaban J connectivity index is 1.57. The van der Waals surface area contributed by atoms with Crippen LogP contribution in [0.15, 0.2) is 42.5 Å². The summed E-state index contributed by atoms with van der Waals surface area (Å²) in [6.07, 6.45) is 1.93. The number of amides is 2. The number of hydrogen-bond donors (Lipinski definition) is 1. The molecule has 2 heterocycles. The smallest absolute Gasteiger partial charge is 0.244 e. The normalized spacial score (nSPS) is 18.9. The lowest BCUT2D eigenvalue weighted by molar-refractivity contribution is -0.122. The van der Waals surface area contributed by atoms with Crippen molar-refractivity contribution in [2.45, 2.75) is 18.9 Å². The standard InChI is InChI=1S/C22H25N3O4/c1-28-15-9-10-20(29-2)16(12-15)18-8-5-11-24(18)14-22(27)25-13-21(26)23-17-6-3-4-7-19(17)25/h3-4,6-7,9-10,12,18H,5,8,11,13-14H2,1-2H3,(H,23,26)/t18-/m1/s1. The lowest BCUT2D eigenvalue weighted by Crippen LogP contribution is -2.46. The third-order valence-electron chi connectivity index (χ3n) is 5.57. The molecule has 2 aromatic carbocycles. The summed E-state index contributed by atoms with van der Waals surface area (Å²) in [7, 11) is 3.29. The molecule has 0 radical (unpaired) electrons. The summed E-state index contributed by atoms with van der Waals surface area (Å²) in [4.78, 5) is 29.0. The topological polar surface area (TPSA) is 71.1 Å². The molecular formula is C22H25N3O4. The van der Waals surface area contributed by atoms with E-state index in [1.54, 1.807) is 19.1 Å². The minimum atomic E-state index is -0.176. The van der Waals surface area contributed by atoms with E-state index >= 15 is 0 Å². The van der Waals surface area contributed by atoms with Crippen LogP contribution >= 0.6 is 0 Å². The largest absolute Gasteiger partial charge is 0.497 e. The van der Waals surface area contributed by atoms with Crippen LogP contribution in [0, 0.1) is 0 Å². The maximum Gasteiger partial charge on any atom is 0.244 e. The SMILES string of the molecule is COc1ccc(OC)c([C@H]2CCCN2CC(=O)N2CC(=O)Nc3ccccc32)c1. The first-order valence-corrected chi connectivity index (χ1v) is 9.76. The van der Waals surface area contributed by atoms with E-state index in [0.29, 0.717) is 5.69 Å². The molecule has 0 aliphatic carbocycles. The number of hydrogen-bond acceptors (Lipinski definition) is 5. The molecule has 1 fully saturated rings. The summed E-state index contributed by atoms with van der Waals surface area (Å²) in [6.45, 7) is 1.10. The Hall–Kier alpha value is -3.06. The van der Waals surface area contributed by atoms with Gasteiger partial charge in [-0.3, -0.25) is 19.4 Å². The Kier molecular flexibility index (Phi) is 5.40. The number of methoxy groups -OCH3 is 2. The predicted octanol–water partition coefficient (Wildman–Crippen LogP) is 2.83. The van der Waals surface area contributed by atoms with E-state index in [-0.39, 0.29) is 30.9 Å². The molecule has 2 aromatic rings. The van der Waals surface area contributed by atoms with Gasteiger partial charge in [0.25, 0.3) is 0 Å².